The molecule has 4 heterocycles. The Morgan fingerprint density at radius 3 is 2.24 bits per heavy atom. The lowest BCUT2D eigenvalue weighted by Crippen LogP contribution is -2.46. The number of hydrogen-bond donors (Lipinski definition) is 6. The third-order valence-electron chi connectivity index (χ3n) is 11.9. The molecule has 16 nitrogen and oxygen atoms in total. The fraction of sp³-hybridized carbons (Fsp3) is 0.535. The average molecular weight is 823 g/mol. The van der Waals surface area contributed by atoms with Crippen molar-refractivity contribution in [2.45, 2.75) is 85.6 Å². The van der Waals surface area contributed by atoms with Crippen LogP contribution in [0.4, 0.5) is 5.69 Å². The summed E-state index contributed by atoms with van der Waals surface area (Å²) in [6, 6.07) is 0. The molecule has 5 bridgehead atoms. The van der Waals surface area contributed by atoms with Crippen molar-refractivity contribution in [2.24, 2.45) is 28.8 Å². The second-order valence-electron chi connectivity index (χ2n) is 16.1. The number of hydrazone groups is 1. The van der Waals surface area contributed by atoms with E-state index in [2.05, 4.69) is 15.3 Å². The summed E-state index contributed by atoms with van der Waals surface area (Å²) in [6.07, 6.45) is 4.86. The fourth-order valence-corrected chi connectivity index (χ4v) is 7.92. The zero-order valence-corrected chi connectivity index (χ0v) is 35.3. The number of aliphatic hydroxyl groups excluding tert-OH is 2. The monoisotopic (exact) mass is 822 g/mol. The molecule has 1 saturated heterocycles. The smallest absolute Gasteiger partial charge is 0.312 e. The third kappa shape index (κ3) is 8.91. The maximum Gasteiger partial charge on any atom is 0.312 e. The van der Waals surface area contributed by atoms with E-state index >= 15 is 0 Å². The number of carbonyl (C=O) groups is 3. The zero-order chi connectivity index (χ0) is 43.7. The molecule has 4 aliphatic heterocycles. The highest BCUT2D eigenvalue weighted by Gasteiger charge is 2.50. The van der Waals surface area contributed by atoms with Gasteiger partial charge in [0.05, 0.1) is 53.0 Å². The first-order valence-corrected chi connectivity index (χ1v) is 19.8. The lowest BCUT2D eigenvalue weighted by molar-refractivity contribution is -0.160. The highest BCUT2D eigenvalue weighted by Crippen LogP contribution is 2.55. The van der Waals surface area contributed by atoms with Gasteiger partial charge in [-0.2, -0.15) is 5.10 Å². The number of piperazine rings is 1. The summed E-state index contributed by atoms with van der Waals surface area (Å²) in [5.41, 5.74) is -0.350. The minimum Gasteiger partial charge on any atom is -0.507 e. The van der Waals surface area contributed by atoms with Crippen LogP contribution in [0.25, 0.3) is 10.8 Å². The number of ether oxygens (including phenoxy) is 4. The van der Waals surface area contributed by atoms with E-state index in [-0.39, 0.29) is 44.5 Å². The number of amides is 1. The molecule has 0 spiro atoms. The standard InChI is InChI=1S/C43H58N4O12/c1-21-12-11-13-22(2)42(55)45-33-28(20-44-47-17-15-46(9)16-18-47)37(52)30-31(38(33)53)36(51)26(6)40-32(30)41(54)43(8,59-40)57-19-14-29(56-10)23(3)39(58-27(7)48)25(5)35(50)24(4)34(21)49/h11-14,19-21,23-25,29,34-35,39,49-53H,15-18H2,1-10H3,(H,45,55)/b12-11+,19-14+,22-13-,44-20-/t21?,23-,24-,25-,29+,34+,35-,39+,43+/m1/s1. The van der Waals surface area contributed by atoms with Gasteiger partial charge in [0.2, 0.25) is 0 Å². The molecule has 4 aliphatic rings. The number of Topliss-reactive ketones (excluding diaryl/α,β-unsaturated/α-hetero) is 1. The van der Waals surface area contributed by atoms with Crippen LogP contribution in [0.2, 0.25) is 0 Å². The van der Waals surface area contributed by atoms with Gasteiger partial charge in [0, 0.05) is 87.3 Å². The van der Waals surface area contributed by atoms with Crippen molar-refractivity contribution in [3.8, 4) is 23.0 Å². The molecule has 322 valence electrons. The van der Waals surface area contributed by atoms with Crippen LogP contribution >= 0.6 is 0 Å². The van der Waals surface area contributed by atoms with Crippen LogP contribution < -0.4 is 10.1 Å². The number of phenols is 3. The fourth-order valence-electron chi connectivity index (χ4n) is 7.92. The van der Waals surface area contributed by atoms with Crippen molar-refractivity contribution in [3.05, 3.63) is 52.8 Å². The molecule has 2 aromatic rings. The Morgan fingerprint density at radius 1 is 0.949 bits per heavy atom. The third-order valence-corrected chi connectivity index (χ3v) is 11.9. The molecule has 2 aromatic carbocycles. The summed E-state index contributed by atoms with van der Waals surface area (Å²) in [7, 11) is 3.42. The van der Waals surface area contributed by atoms with Crippen molar-refractivity contribution in [2.75, 3.05) is 45.7 Å². The Labute approximate surface area is 344 Å². The van der Waals surface area contributed by atoms with Gasteiger partial charge in [0.25, 0.3) is 11.7 Å². The molecule has 59 heavy (non-hydrogen) atoms. The van der Waals surface area contributed by atoms with Crippen molar-refractivity contribution < 1.29 is 58.9 Å². The second kappa shape index (κ2) is 18.0. The largest absolute Gasteiger partial charge is 0.507 e. The molecular weight excluding hydrogens is 764 g/mol. The van der Waals surface area contributed by atoms with Gasteiger partial charge < -0.3 is 54.7 Å². The number of rotatable bonds is 4. The van der Waals surface area contributed by atoms with E-state index in [0.717, 1.165) is 13.1 Å². The number of phenolic OH excluding ortho intramolecular Hbond substituents is 3. The topological polar surface area (TPSA) is 220 Å². The summed E-state index contributed by atoms with van der Waals surface area (Å²) in [6.45, 7) is 15.1. The van der Waals surface area contributed by atoms with Gasteiger partial charge in [0.1, 0.15) is 23.4 Å². The highest BCUT2D eigenvalue weighted by atomic mass is 16.7. The number of nitrogens with one attached hydrogen (secondary N) is 1. The summed E-state index contributed by atoms with van der Waals surface area (Å²) in [4.78, 5) is 42.6. The quantitative estimate of drug-likeness (QED) is 0.109. The molecule has 0 saturated carbocycles. The molecule has 16 heteroatoms. The van der Waals surface area contributed by atoms with Crippen LogP contribution in [0.3, 0.4) is 0 Å². The summed E-state index contributed by atoms with van der Waals surface area (Å²) in [5, 5.41) is 66.8. The number of aromatic hydroxyl groups is 3. The van der Waals surface area contributed by atoms with Gasteiger partial charge in [-0.15, -0.1) is 0 Å². The van der Waals surface area contributed by atoms with Gasteiger partial charge in [-0.25, -0.2) is 0 Å². The summed E-state index contributed by atoms with van der Waals surface area (Å²) >= 11 is 0. The molecule has 1 amide bonds. The number of benzene rings is 2. The van der Waals surface area contributed by atoms with Crippen LogP contribution in [-0.2, 0) is 23.8 Å². The molecule has 6 rings (SSSR count). The lowest BCUT2D eigenvalue weighted by Gasteiger charge is -2.38. The predicted octanol–water partition coefficient (Wildman–Crippen LogP) is 4.34. The number of aliphatic hydroxyl groups is 2. The minimum absolute atomic E-state index is 0.0559. The minimum atomic E-state index is -2.04. The SMILES string of the molecule is CO[C@H]1/C=C/O[C@@]2(C)Oc3c(C)c(O)c4c(O)c(c(/C=N\N5CCN(C)CC5)c(O)c4c3C2=O)NC(=O)/C(C)=C\C=C\C(C)[C@H](O)[C@@H](C)[C@@H](O)[C@@H](C)[C@@H](OC(C)=O)[C@@H]1C. The van der Waals surface area contributed by atoms with Crippen LogP contribution in [0.1, 0.15) is 70.0 Å². The van der Waals surface area contributed by atoms with Crippen molar-refractivity contribution >= 4 is 40.3 Å². The van der Waals surface area contributed by atoms with Crippen LogP contribution in [0.5, 0.6) is 23.0 Å². The first-order valence-electron chi connectivity index (χ1n) is 19.8. The van der Waals surface area contributed by atoms with E-state index in [4.69, 9.17) is 18.9 Å². The summed E-state index contributed by atoms with van der Waals surface area (Å²) in [5.74, 6) is -8.34. The number of methoxy groups -OCH3 is 1. The molecular formula is C43H58N4O12. The van der Waals surface area contributed by atoms with E-state index < -0.39 is 88.8 Å². The van der Waals surface area contributed by atoms with Crippen LogP contribution in [0.15, 0.2) is 41.2 Å². The van der Waals surface area contributed by atoms with E-state index in [1.807, 2.05) is 7.05 Å². The number of nitrogens with zero attached hydrogens (tertiary/aromatic N) is 3. The van der Waals surface area contributed by atoms with Crippen molar-refractivity contribution in [1.29, 1.82) is 0 Å². The van der Waals surface area contributed by atoms with Gasteiger partial charge >= 0.3 is 11.8 Å². The number of hydrogen-bond acceptors (Lipinski definition) is 15. The number of ketones is 1. The van der Waals surface area contributed by atoms with Gasteiger partial charge in [0.15, 0.2) is 5.75 Å². The van der Waals surface area contributed by atoms with E-state index in [0.29, 0.717) is 13.1 Å². The Balaban J connectivity index is 1.70. The molecule has 0 radical (unpaired) electrons. The number of likely N-dealkylation sites (N-methyl/N-ethyl adjacent to an activating group) is 1. The average Bonchev–Trinajstić information content (AvgIpc) is 3.46. The Bertz CT molecular complexity index is 2070. The molecule has 9 atom stereocenters. The second-order valence-corrected chi connectivity index (χ2v) is 16.1. The first kappa shape index (κ1) is 44.9. The predicted molar refractivity (Wildman–Crippen MR) is 220 cm³/mol. The van der Waals surface area contributed by atoms with Gasteiger partial charge in [-0.05, 0) is 27.0 Å². The number of allylic oxidation sites excluding steroid dienone is 2. The molecule has 0 aliphatic carbocycles. The maximum absolute atomic E-state index is 14.4. The maximum atomic E-state index is 14.4. The van der Waals surface area contributed by atoms with E-state index in [1.165, 1.54) is 59.4 Å². The Hall–Kier alpha value is -5.16. The number of esters is 1. The van der Waals surface area contributed by atoms with Gasteiger partial charge in [-0.3, -0.25) is 19.4 Å². The molecule has 0 aromatic heterocycles. The highest BCUT2D eigenvalue weighted by molar-refractivity contribution is 6.23. The molecule has 6 N–H and O–H groups in total. The normalized spacial score (nSPS) is 32.1. The van der Waals surface area contributed by atoms with Crippen molar-refractivity contribution in [3.63, 3.8) is 0 Å². The zero-order valence-electron chi connectivity index (χ0n) is 35.3. The first-order chi connectivity index (χ1) is 27.7. The Morgan fingerprint density at radius 2 is 1.61 bits per heavy atom. The molecule has 1 fully saturated rings. The van der Waals surface area contributed by atoms with E-state index in [9.17, 15) is 39.9 Å². The van der Waals surface area contributed by atoms with Crippen LogP contribution in [0, 0.1) is 30.6 Å². The lowest BCUT2D eigenvalue weighted by atomic mass is 9.78. The van der Waals surface area contributed by atoms with Gasteiger partial charge in [-0.1, -0.05) is 45.9 Å². The summed E-state index contributed by atoms with van der Waals surface area (Å²) < 4.78 is 23.6. The Kier molecular flexibility index (Phi) is 13.7. The van der Waals surface area contributed by atoms with Crippen molar-refractivity contribution in [1.82, 2.24) is 9.91 Å². The number of fused-ring (bicyclic) bond motifs is 14. The number of carbonyl (C=O) groups excluding carboxylic acids is 3. The van der Waals surface area contributed by atoms with E-state index in [1.54, 1.807) is 44.9 Å². The molecule has 1 unspecified atom stereocenters. The number of anilines is 1. The van der Waals surface area contributed by atoms with Crippen LogP contribution in [-0.4, -0.2) is 130 Å².